The van der Waals surface area contributed by atoms with Crippen LogP contribution in [0, 0.1) is 0 Å². The molecule has 2 rings (SSSR count). The summed E-state index contributed by atoms with van der Waals surface area (Å²) in [7, 11) is 5.71. The number of methoxy groups -OCH3 is 1. The van der Waals surface area contributed by atoms with Crippen LogP contribution in [0.15, 0.2) is 0 Å². The summed E-state index contributed by atoms with van der Waals surface area (Å²) in [6.45, 7) is 1.94. The summed E-state index contributed by atoms with van der Waals surface area (Å²) in [5.74, 6) is 2.08. The minimum absolute atomic E-state index is 0.762. The molecule has 1 aromatic rings. The molecule has 0 amide bonds. The standard InChI is InChI=1S/C13H23N3OS2/c1-16(2)13-15-12(17-3)11(19-13)9-14-8-10-6-4-5-7-18-10/h10,14H,4-9H2,1-3H3. The summed E-state index contributed by atoms with van der Waals surface area (Å²) in [6.07, 6.45) is 4.12. The number of anilines is 1. The first-order valence-electron chi connectivity index (χ1n) is 6.74. The molecule has 108 valence electrons. The molecule has 1 aromatic heterocycles. The van der Waals surface area contributed by atoms with Gasteiger partial charge in [0.15, 0.2) is 5.13 Å². The van der Waals surface area contributed by atoms with Crippen LogP contribution in [-0.4, -0.2) is 43.7 Å². The minimum Gasteiger partial charge on any atom is -0.480 e. The second-order valence-corrected chi connectivity index (χ2v) is 7.41. The number of ether oxygens (including phenoxy) is 1. The van der Waals surface area contributed by atoms with Crippen LogP contribution in [0.2, 0.25) is 0 Å². The molecule has 6 heteroatoms. The van der Waals surface area contributed by atoms with Gasteiger partial charge in [-0.05, 0) is 18.6 Å². The van der Waals surface area contributed by atoms with Crippen molar-refractivity contribution in [3.05, 3.63) is 4.88 Å². The number of nitrogens with one attached hydrogen (secondary N) is 1. The second kappa shape index (κ2) is 7.36. The maximum atomic E-state index is 5.35. The lowest BCUT2D eigenvalue weighted by molar-refractivity contribution is 0.394. The van der Waals surface area contributed by atoms with Gasteiger partial charge in [-0.3, -0.25) is 0 Å². The number of thioether (sulfide) groups is 1. The number of nitrogens with zero attached hydrogens (tertiary/aromatic N) is 2. The Labute approximate surface area is 123 Å². The average molecular weight is 301 g/mol. The first-order chi connectivity index (χ1) is 9.20. The van der Waals surface area contributed by atoms with Crippen molar-refractivity contribution < 1.29 is 4.74 Å². The average Bonchev–Trinajstić information content (AvgIpc) is 2.83. The molecule has 0 spiro atoms. The lowest BCUT2D eigenvalue weighted by Crippen LogP contribution is -2.26. The molecule has 1 aliphatic heterocycles. The molecular formula is C13H23N3OS2. The van der Waals surface area contributed by atoms with E-state index in [0.29, 0.717) is 0 Å². The fourth-order valence-electron chi connectivity index (χ4n) is 2.10. The number of aromatic nitrogens is 1. The van der Waals surface area contributed by atoms with Crippen molar-refractivity contribution in [1.82, 2.24) is 10.3 Å². The number of rotatable bonds is 6. The van der Waals surface area contributed by atoms with E-state index in [4.69, 9.17) is 4.74 Å². The van der Waals surface area contributed by atoms with Gasteiger partial charge < -0.3 is 15.0 Å². The van der Waals surface area contributed by atoms with Crippen molar-refractivity contribution in [2.45, 2.75) is 31.1 Å². The molecule has 1 unspecified atom stereocenters. The Morgan fingerprint density at radius 2 is 2.26 bits per heavy atom. The van der Waals surface area contributed by atoms with Gasteiger partial charge in [0.05, 0.1) is 12.0 Å². The van der Waals surface area contributed by atoms with E-state index in [2.05, 4.69) is 22.1 Å². The molecule has 4 nitrogen and oxygen atoms in total. The fraction of sp³-hybridized carbons (Fsp3) is 0.769. The molecular weight excluding hydrogens is 278 g/mol. The summed E-state index contributed by atoms with van der Waals surface area (Å²) in [5, 5.41) is 5.33. The maximum Gasteiger partial charge on any atom is 0.230 e. The Balaban J connectivity index is 1.84. The highest BCUT2D eigenvalue weighted by Gasteiger charge is 2.15. The highest BCUT2D eigenvalue weighted by atomic mass is 32.2. The summed E-state index contributed by atoms with van der Waals surface area (Å²) < 4.78 is 5.35. The molecule has 1 fully saturated rings. The van der Waals surface area contributed by atoms with Gasteiger partial charge >= 0.3 is 0 Å². The molecule has 0 bridgehead atoms. The van der Waals surface area contributed by atoms with Crippen LogP contribution >= 0.6 is 23.1 Å². The largest absolute Gasteiger partial charge is 0.480 e. The van der Waals surface area contributed by atoms with Gasteiger partial charge in [-0.15, -0.1) is 0 Å². The fourth-order valence-corrected chi connectivity index (χ4v) is 4.30. The van der Waals surface area contributed by atoms with Gasteiger partial charge in [-0.1, -0.05) is 17.8 Å². The van der Waals surface area contributed by atoms with Crippen molar-refractivity contribution in [2.24, 2.45) is 0 Å². The number of hydrogen-bond acceptors (Lipinski definition) is 6. The predicted octanol–water partition coefficient (Wildman–Crippen LogP) is 2.59. The normalized spacial score (nSPS) is 19.4. The second-order valence-electron chi connectivity index (χ2n) is 4.94. The van der Waals surface area contributed by atoms with Gasteiger partial charge in [0.25, 0.3) is 0 Å². The van der Waals surface area contributed by atoms with E-state index in [9.17, 15) is 0 Å². The van der Waals surface area contributed by atoms with Crippen molar-refractivity contribution >= 4 is 28.2 Å². The van der Waals surface area contributed by atoms with Gasteiger partial charge in [-0.2, -0.15) is 16.7 Å². The van der Waals surface area contributed by atoms with Gasteiger partial charge in [0, 0.05) is 32.4 Å². The van der Waals surface area contributed by atoms with Gasteiger partial charge in [-0.25, -0.2) is 0 Å². The third-order valence-electron chi connectivity index (χ3n) is 3.16. The molecule has 0 aromatic carbocycles. The van der Waals surface area contributed by atoms with E-state index in [-0.39, 0.29) is 0 Å². The Morgan fingerprint density at radius 1 is 1.42 bits per heavy atom. The van der Waals surface area contributed by atoms with Crippen LogP contribution in [0.1, 0.15) is 24.1 Å². The summed E-state index contributed by atoms with van der Waals surface area (Å²) in [6, 6.07) is 0. The lowest BCUT2D eigenvalue weighted by atomic mass is 10.2. The van der Waals surface area contributed by atoms with Crippen molar-refractivity contribution in [1.29, 1.82) is 0 Å². The van der Waals surface area contributed by atoms with Crippen LogP contribution in [0.3, 0.4) is 0 Å². The lowest BCUT2D eigenvalue weighted by Gasteiger charge is -2.21. The first kappa shape index (κ1) is 14.9. The highest BCUT2D eigenvalue weighted by Crippen LogP contribution is 2.30. The zero-order valence-electron chi connectivity index (χ0n) is 11.9. The van der Waals surface area contributed by atoms with E-state index in [1.54, 1.807) is 18.4 Å². The maximum absolute atomic E-state index is 5.35. The molecule has 0 radical (unpaired) electrons. The van der Waals surface area contributed by atoms with E-state index in [1.165, 1.54) is 29.9 Å². The Morgan fingerprint density at radius 3 is 2.89 bits per heavy atom. The molecule has 19 heavy (non-hydrogen) atoms. The molecule has 2 heterocycles. The SMILES string of the molecule is COc1nc(N(C)C)sc1CNCC1CCCCS1. The summed E-state index contributed by atoms with van der Waals surface area (Å²) in [4.78, 5) is 7.68. The molecule has 1 atom stereocenters. The van der Waals surface area contributed by atoms with E-state index in [1.807, 2.05) is 19.0 Å². The van der Waals surface area contributed by atoms with Crippen molar-refractivity contribution in [3.8, 4) is 5.88 Å². The minimum atomic E-state index is 0.762. The van der Waals surface area contributed by atoms with Crippen LogP contribution in [0.25, 0.3) is 0 Å². The molecule has 1 aliphatic rings. The third-order valence-corrected chi connectivity index (χ3v) is 5.76. The summed E-state index contributed by atoms with van der Waals surface area (Å²) in [5.41, 5.74) is 0. The Hall–Kier alpha value is -0.460. The molecule has 1 saturated heterocycles. The van der Waals surface area contributed by atoms with Crippen LogP contribution in [0.5, 0.6) is 5.88 Å². The van der Waals surface area contributed by atoms with Gasteiger partial charge in [0.1, 0.15) is 0 Å². The van der Waals surface area contributed by atoms with Crippen molar-refractivity contribution in [3.63, 3.8) is 0 Å². The third kappa shape index (κ3) is 4.26. The first-order valence-corrected chi connectivity index (χ1v) is 8.60. The van der Waals surface area contributed by atoms with Crippen LogP contribution in [0.4, 0.5) is 5.13 Å². The smallest absolute Gasteiger partial charge is 0.230 e. The van der Waals surface area contributed by atoms with Crippen LogP contribution in [-0.2, 0) is 6.54 Å². The monoisotopic (exact) mass is 301 g/mol. The predicted molar refractivity (Wildman–Crippen MR) is 84.8 cm³/mol. The molecule has 0 aliphatic carbocycles. The Kier molecular flexibility index (Phi) is 5.78. The molecule has 0 saturated carbocycles. The topological polar surface area (TPSA) is 37.4 Å². The zero-order valence-corrected chi connectivity index (χ0v) is 13.6. The Bertz CT molecular complexity index is 389. The number of hydrogen-bond donors (Lipinski definition) is 1. The van der Waals surface area contributed by atoms with E-state index >= 15 is 0 Å². The van der Waals surface area contributed by atoms with Crippen LogP contribution < -0.4 is 15.0 Å². The van der Waals surface area contributed by atoms with E-state index < -0.39 is 0 Å². The van der Waals surface area contributed by atoms with Gasteiger partial charge in [0.2, 0.25) is 5.88 Å². The number of thiazole rings is 1. The van der Waals surface area contributed by atoms with Crippen molar-refractivity contribution in [2.75, 3.05) is 38.4 Å². The zero-order chi connectivity index (χ0) is 13.7. The van der Waals surface area contributed by atoms with E-state index in [0.717, 1.165) is 29.4 Å². The molecule has 1 N–H and O–H groups in total. The quantitative estimate of drug-likeness (QED) is 0.874. The highest BCUT2D eigenvalue weighted by molar-refractivity contribution is 7.99. The summed E-state index contributed by atoms with van der Waals surface area (Å²) >= 11 is 3.80.